The van der Waals surface area contributed by atoms with Gasteiger partial charge < -0.3 is 14.4 Å². The first-order chi connectivity index (χ1) is 14.5. The number of methoxy groups -OCH3 is 1. The Morgan fingerprint density at radius 3 is 2.20 bits per heavy atom. The normalized spacial score (nSPS) is 22.0. The Balaban J connectivity index is 2.15. The van der Waals surface area contributed by atoms with Gasteiger partial charge in [0, 0.05) is 10.6 Å². The van der Waals surface area contributed by atoms with Crippen molar-refractivity contribution in [2.24, 2.45) is 5.92 Å². The minimum Gasteiger partial charge on any atom is -0.469 e. The van der Waals surface area contributed by atoms with Gasteiger partial charge in [-0.05, 0) is 18.8 Å². The van der Waals surface area contributed by atoms with Crippen molar-refractivity contribution in [2.45, 2.75) is 50.3 Å². The largest absolute Gasteiger partial charge is 0.469 e. The van der Waals surface area contributed by atoms with Gasteiger partial charge in [0.1, 0.15) is 0 Å². The number of benzene rings is 2. The highest BCUT2D eigenvalue weighted by Gasteiger charge is 2.55. The topological polar surface area (TPSA) is 63.6 Å². The number of rotatable bonds is 9. The van der Waals surface area contributed by atoms with Gasteiger partial charge >= 0.3 is 5.97 Å². The Bertz CT molecular complexity index is 866. The Hall–Kier alpha value is -2.16. The molecule has 3 rings (SSSR count). The molecule has 0 radical (unpaired) electrons. The van der Waals surface area contributed by atoms with Crippen LogP contribution in [0.4, 0.5) is 0 Å². The SMILES string of the molecule is CCCC[C@@H](O)[C@]1(P(=O)(c2ccccc2)c2ccccc2)C=C[C@@H](CC(=O)OC)C1. The molecule has 2 aromatic carbocycles. The quantitative estimate of drug-likeness (QED) is 0.366. The van der Waals surface area contributed by atoms with Crippen molar-refractivity contribution in [3.05, 3.63) is 72.8 Å². The lowest BCUT2D eigenvalue weighted by Crippen LogP contribution is -2.45. The van der Waals surface area contributed by atoms with E-state index in [1.54, 1.807) is 0 Å². The van der Waals surface area contributed by atoms with Crippen LogP contribution >= 0.6 is 7.14 Å². The summed E-state index contributed by atoms with van der Waals surface area (Å²) in [5.41, 5.74) is 0. The highest BCUT2D eigenvalue weighted by atomic mass is 31.2. The molecule has 0 aliphatic heterocycles. The van der Waals surface area contributed by atoms with Crippen molar-refractivity contribution in [1.82, 2.24) is 0 Å². The fraction of sp³-hybridized carbons (Fsp3) is 0.400. The number of carbonyl (C=O) groups excluding carboxylic acids is 1. The summed E-state index contributed by atoms with van der Waals surface area (Å²) in [7, 11) is -1.90. The summed E-state index contributed by atoms with van der Waals surface area (Å²) in [4.78, 5) is 11.9. The molecule has 0 fully saturated rings. The predicted octanol–water partition coefficient (Wildman–Crippen LogP) is 4.43. The molecule has 2 aromatic rings. The van der Waals surface area contributed by atoms with Crippen molar-refractivity contribution < 1.29 is 19.2 Å². The molecular formula is C25H31O4P. The molecule has 0 bridgehead atoms. The standard InChI is InChI=1S/C25H31O4P/c1-3-4-15-23(26)25(17-16-20(19-25)18-24(27)29-2)30(28,21-11-7-5-8-12-21)22-13-9-6-10-14-22/h5-14,16-17,20,23,26H,3-4,15,18-19H2,1-2H3/t20-,23+,25-/m0/s1. The highest BCUT2D eigenvalue weighted by Crippen LogP contribution is 2.63. The van der Waals surface area contributed by atoms with Gasteiger partial charge in [-0.3, -0.25) is 4.79 Å². The van der Waals surface area contributed by atoms with Gasteiger partial charge in [0.05, 0.1) is 24.8 Å². The molecule has 0 unspecified atom stereocenters. The van der Waals surface area contributed by atoms with Crippen LogP contribution in [0.5, 0.6) is 0 Å². The minimum atomic E-state index is -3.28. The molecule has 0 saturated carbocycles. The second-order valence-electron chi connectivity index (χ2n) is 8.03. The fourth-order valence-corrected chi connectivity index (χ4v) is 8.32. The third-order valence-corrected chi connectivity index (χ3v) is 9.99. The zero-order valence-corrected chi connectivity index (χ0v) is 18.6. The second-order valence-corrected chi connectivity index (χ2v) is 11.1. The van der Waals surface area contributed by atoms with Crippen molar-refractivity contribution in [1.29, 1.82) is 0 Å². The van der Waals surface area contributed by atoms with Crippen LogP contribution in [0.15, 0.2) is 72.8 Å². The molecule has 0 heterocycles. The van der Waals surface area contributed by atoms with E-state index < -0.39 is 18.4 Å². The Morgan fingerprint density at radius 1 is 1.13 bits per heavy atom. The van der Waals surface area contributed by atoms with Crippen LogP contribution < -0.4 is 10.6 Å². The lowest BCUT2D eigenvalue weighted by molar-refractivity contribution is -0.141. The maximum atomic E-state index is 15.1. The molecule has 1 aliphatic rings. The maximum Gasteiger partial charge on any atom is 0.306 e. The Kier molecular flexibility index (Phi) is 7.33. The van der Waals surface area contributed by atoms with Crippen LogP contribution in [0.25, 0.3) is 0 Å². The zero-order valence-electron chi connectivity index (χ0n) is 17.7. The molecule has 0 saturated heterocycles. The Morgan fingerprint density at radius 2 is 1.70 bits per heavy atom. The fourth-order valence-electron chi connectivity index (χ4n) is 4.54. The van der Waals surface area contributed by atoms with Crippen LogP contribution in [0.3, 0.4) is 0 Å². The van der Waals surface area contributed by atoms with Gasteiger partial charge in [0.15, 0.2) is 7.14 Å². The van der Waals surface area contributed by atoms with E-state index in [0.29, 0.717) is 12.8 Å². The van der Waals surface area contributed by atoms with Crippen LogP contribution in [0, 0.1) is 5.92 Å². The number of carbonyl (C=O) groups is 1. The number of aliphatic hydroxyl groups excluding tert-OH is 1. The molecule has 5 heteroatoms. The average Bonchev–Trinajstić information content (AvgIpc) is 3.23. The maximum absolute atomic E-state index is 15.1. The van der Waals surface area contributed by atoms with Crippen molar-refractivity contribution >= 4 is 23.7 Å². The van der Waals surface area contributed by atoms with Crippen LogP contribution in [0.2, 0.25) is 0 Å². The van der Waals surface area contributed by atoms with Gasteiger partial charge in [0.2, 0.25) is 0 Å². The molecule has 1 aliphatic carbocycles. The summed E-state index contributed by atoms with van der Waals surface area (Å²) in [6, 6.07) is 18.9. The molecule has 160 valence electrons. The lowest BCUT2D eigenvalue weighted by Gasteiger charge is -2.41. The summed E-state index contributed by atoms with van der Waals surface area (Å²) in [6.45, 7) is 2.08. The van der Waals surface area contributed by atoms with E-state index in [2.05, 4.69) is 6.92 Å². The smallest absolute Gasteiger partial charge is 0.306 e. The molecule has 0 amide bonds. The molecule has 4 nitrogen and oxygen atoms in total. The predicted molar refractivity (Wildman–Crippen MR) is 122 cm³/mol. The first kappa shape index (κ1) is 22.5. The van der Waals surface area contributed by atoms with E-state index in [1.807, 2.05) is 72.8 Å². The second kappa shape index (κ2) is 9.76. The number of esters is 1. The first-order valence-electron chi connectivity index (χ1n) is 10.6. The summed E-state index contributed by atoms with van der Waals surface area (Å²) >= 11 is 0. The van der Waals surface area contributed by atoms with E-state index in [4.69, 9.17) is 4.74 Å². The molecule has 1 N–H and O–H groups in total. The monoisotopic (exact) mass is 426 g/mol. The van der Waals surface area contributed by atoms with E-state index in [9.17, 15) is 9.90 Å². The molecule has 0 spiro atoms. The van der Waals surface area contributed by atoms with Crippen LogP contribution in [-0.2, 0) is 14.1 Å². The minimum absolute atomic E-state index is 0.116. The van der Waals surface area contributed by atoms with Gasteiger partial charge in [-0.2, -0.15) is 0 Å². The van der Waals surface area contributed by atoms with Crippen LogP contribution in [-0.4, -0.2) is 29.4 Å². The highest BCUT2D eigenvalue weighted by molar-refractivity contribution is 7.80. The number of allylic oxidation sites excluding steroid dienone is 1. The number of hydrogen-bond acceptors (Lipinski definition) is 4. The molecule has 3 atom stereocenters. The van der Waals surface area contributed by atoms with Crippen molar-refractivity contribution in [3.63, 3.8) is 0 Å². The number of unbranched alkanes of at least 4 members (excludes halogenated alkanes) is 1. The Labute approximate surface area is 179 Å². The summed E-state index contributed by atoms with van der Waals surface area (Å²) in [5, 5.41) is 12.0. The number of hydrogen-bond donors (Lipinski definition) is 1. The van der Waals surface area contributed by atoms with Gasteiger partial charge in [-0.25, -0.2) is 0 Å². The molecule has 0 aromatic heterocycles. The lowest BCUT2D eigenvalue weighted by atomic mass is 9.92. The number of aliphatic hydroxyl groups is 1. The van der Waals surface area contributed by atoms with E-state index in [1.165, 1.54) is 7.11 Å². The first-order valence-corrected chi connectivity index (χ1v) is 12.3. The van der Waals surface area contributed by atoms with Crippen molar-refractivity contribution in [3.8, 4) is 0 Å². The van der Waals surface area contributed by atoms with Crippen LogP contribution in [0.1, 0.15) is 39.0 Å². The molecule has 30 heavy (non-hydrogen) atoms. The zero-order chi connectivity index (χ0) is 21.6. The number of ether oxygens (including phenoxy) is 1. The van der Waals surface area contributed by atoms with Gasteiger partial charge in [-0.1, -0.05) is 92.6 Å². The van der Waals surface area contributed by atoms with Gasteiger partial charge in [0.25, 0.3) is 0 Å². The summed E-state index contributed by atoms with van der Waals surface area (Å²) < 4.78 is 20.0. The van der Waals surface area contributed by atoms with E-state index >= 15 is 4.57 Å². The average molecular weight is 426 g/mol. The van der Waals surface area contributed by atoms with Crippen molar-refractivity contribution in [2.75, 3.05) is 7.11 Å². The molecular weight excluding hydrogens is 395 g/mol. The third kappa shape index (κ3) is 4.17. The summed E-state index contributed by atoms with van der Waals surface area (Å²) in [5.74, 6) is -0.410. The third-order valence-electron chi connectivity index (χ3n) is 6.14. The summed E-state index contributed by atoms with van der Waals surface area (Å²) in [6.07, 6.45) is 6.14. The van der Waals surface area contributed by atoms with E-state index in [0.717, 1.165) is 23.5 Å². The van der Waals surface area contributed by atoms with Gasteiger partial charge in [-0.15, -0.1) is 0 Å². The van der Waals surface area contributed by atoms with E-state index in [-0.39, 0.29) is 18.3 Å².